The smallest absolute Gasteiger partial charge is 0.305 e. The van der Waals surface area contributed by atoms with Crippen LogP contribution in [-0.2, 0) is 4.79 Å². The van der Waals surface area contributed by atoms with Crippen LogP contribution in [0.3, 0.4) is 0 Å². The highest BCUT2D eigenvalue weighted by Crippen LogP contribution is 2.31. The molecule has 0 radical (unpaired) electrons. The molecule has 1 unspecified atom stereocenters. The third-order valence-electron chi connectivity index (χ3n) is 3.81. The predicted molar refractivity (Wildman–Crippen MR) is 93.2 cm³/mol. The molecule has 0 fully saturated rings. The molecule has 0 spiro atoms. The van der Waals surface area contributed by atoms with E-state index >= 15 is 0 Å². The Kier molecular flexibility index (Phi) is 6.00. The first-order valence-electron chi connectivity index (χ1n) is 7.76. The van der Waals surface area contributed by atoms with Gasteiger partial charge in [0, 0.05) is 0 Å². The van der Waals surface area contributed by atoms with Crippen molar-refractivity contribution < 1.29 is 24.2 Å². The van der Waals surface area contributed by atoms with Crippen LogP contribution in [0.15, 0.2) is 42.5 Å². The Hall–Kier alpha value is -3.02. The fraction of sp³-hybridized carbons (Fsp3) is 0.263. The van der Waals surface area contributed by atoms with Gasteiger partial charge in [-0.25, -0.2) is 0 Å². The summed E-state index contributed by atoms with van der Waals surface area (Å²) in [6.45, 7) is 1.94. The lowest BCUT2D eigenvalue weighted by atomic mass is 10.0. The van der Waals surface area contributed by atoms with E-state index in [0.29, 0.717) is 11.5 Å². The largest absolute Gasteiger partial charge is 0.493 e. The Balaban J connectivity index is 2.31. The molecule has 132 valence electrons. The van der Waals surface area contributed by atoms with Crippen LogP contribution in [0.25, 0.3) is 0 Å². The molecule has 0 heterocycles. The molecular weight excluding hydrogens is 322 g/mol. The lowest BCUT2D eigenvalue weighted by Gasteiger charge is -2.19. The Morgan fingerprint density at radius 1 is 1.08 bits per heavy atom. The van der Waals surface area contributed by atoms with Gasteiger partial charge in [-0.15, -0.1) is 0 Å². The number of para-hydroxylation sites is 1. The number of carboxylic acids is 1. The van der Waals surface area contributed by atoms with Crippen molar-refractivity contribution in [3.05, 3.63) is 59.2 Å². The molecular formula is C19H21NO5. The minimum Gasteiger partial charge on any atom is -0.493 e. The maximum Gasteiger partial charge on any atom is 0.305 e. The minimum atomic E-state index is -0.997. The maximum absolute atomic E-state index is 12.7. The molecule has 1 atom stereocenters. The number of aliphatic carboxylic acids is 1. The molecule has 2 rings (SSSR count). The Morgan fingerprint density at radius 2 is 1.76 bits per heavy atom. The molecule has 6 nitrogen and oxygen atoms in total. The Bertz CT molecular complexity index is 755. The molecule has 0 saturated carbocycles. The fourth-order valence-corrected chi connectivity index (χ4v) is 2.53. The van der Waals surface area contributed by atoms with Crippen molar-refractivity contribution in [3.63, 3.8) is 0 Å². The molecule has 0 aromatic heterocycles. The van der Waals surface area contributed by atoms with Crippen molar-refractivity contribution in [2.45, 2.75) is 19.4 Å². The minimum absolute atomic E-state index is 0.221. The number of amides is 1. The van der Waals surface area contributed by atoms with Crippen molar-refractivity contribution in [2.75, 3.05) is 14.2 Å². The van der Waals surface area contributed by atoms with Crippen LogP contribution < -0.4 is 14.8 Å². The van der Waals surface area contributed by atoms with Gasteiger partial charge in [0.2, 0.25) is 0 Å². The van der Waals surface area contributed by atoms with Crippen LogP contribution in [0.5, 0.6) is 11.5 Å². The third kappa shape index (κ3) is 4.50. The highest BCUT2D eigenvalue weighted by molar-refractivity contribution is 5.98. The first kappa shape index (κ1) is 18.3. The molecule has 0 aliphatic heterocycles. The van der Waals surface area contributed by atoms with Crippen LogP contribution in [0.4, 0.5) is 0 Å². The van der Waals surface area contributed by atoms with E-state index < -0.39 is 17.9 Å². The second-order valence-electron chi connectivity index (χ2n) is 5.58. The number of rotatable bonds is 7. The monoisotopic (exact) mass is 343 g/mol. The molecule has 2 aromatic rings. The number of carbonyl (C=O) groups excluding carboxylic acids is 1. The van der Waals surface area contributed by atoms with E-state index in [1.165, 1.54) is 14.2 Å². The normalized spacial score (nSPS) is 11.5. The quantitative estimate of drug-likeness (QED) is 0.807. The lowest BCUT2D eigenvalue weighted by Crippen LogP contribution is -2.30. The van der Waals surface area contributed by atoms with E-state index in [-0.39, 0.29) is 12.0 Å². The van der Waals surface area contributed by atoms with Crippen molar-refractivity contribution in [1.29, 1.82) is 0 Å². The summed E-state index contributed by atoms with van der Waals surface area (Å²) in [7, 11) is 2.93. The van der Waals surface area contributed by atoms with Gasteiger partial charge in [-0.2, -0.15) is 0 Å². The standard InChI is InChI=1S/C19H21NO5/c1-12-7-9-13(10-8-12)15(11-17(21)22)20-19(23)14-5-4-6-16(24-2)18(14)25-3/h4-10,15H,11H2,1-3H3,(H,20,23)(H,21,22). The summed E-state index contributed by atoms with van der Waals surface area (Å²) in [5.41, 5.74) is 2.06. The highest BCUT2D eigenvalue weighted by Gasteiger charge is 2.22. The van der Waals surface area contributed by atoms with E-state index in [1.54, 1.807) is 18.2 Å². The Labute approximate surface area is 146 Å². The molecule has 25 heavy (non-hydrogen) atoms. The molecule has 1 amide bonds. The van der Waals surface area contributed by atoms with Gasteiger partial charge in [-0.1, -0.05) is 35.9 Å². The molecule has 0 aliphatic rings. The molecule has 2 aromatic carbocycles. The summed E-state index contributed by atoms with van der Waals surface area (Å²) in [6, 6.07) is 11.7. The second-order valence-corrected chi connectivity index (χ2v) is 5.58. The first-order chi connectivity index (χ1) is 12.0. The van der Waals surface area contributed by atoms with E-state index in [1.807, 2.05) is 31.2 Å². The molecule has 2 N–H and O–H groups in total. The number of benzene rings is 2. The summed E-state index contributed by atoms with van der Waals surface area (Å²) in [5, 5.41) is 11.9. The van der Waals surface area contributed by atoms with Gasteiger partial charge >= 0.3 is 5.97 Å². The summed E-state index contributed by atoms with van der Waals surface area (Å²) >= 11 is 0. The topological polar surface area (TPSA) is 84.9 Å². The van der Waals surface area contributed by atoms with Gasteiger partial charge in [0.1, 0.15) is 0 Å². The number of aryl methyl sites for hydroxylation is 1. The number of ether oxygens (including phenoxy) is 2. The van der Waals surface area contributed by atoms with E-state index in [4.69, 9.17) is 9.47 Å². The Morgan fingerprint density at radius 3 is 2.32 bits per heavy atom. The third-order valence-corrected chi connectivity index (χ3v) is 3.81. The zero-order chi connectivity index (χ0) is 18.4. The van der Waals surface area contributed by atoms with Crippen LogP contribution in [-0.4, -0.2) is 31.2 Å². The summed E-state index contributed by atoms with van der Waals surface area (Å²) in [5.74, 6) is -0.688. The fourth-order valence-electron chi connectivity index (χ4n) is 2.53. The van der Waals surface area contributed by atoms with Gasteiger partial charge in [-0.05, 0) is 24.6 Å². The molecule has 0 aliphatic carbocycles. The summed E-state index contributed by atoms with van der Waals surface area (Å²) < 4.78 is 10.5. The zero-order valence-corrected chi connectivity index (χ0v) is 14.4. The number of carboxylic acid groups (broad SMARTS) is 1. The first-order valence-corrected chi connectivity index (χ1v) is 7.76. The number of hydrogen-bond donors (Lipinski definition) is 2. The zero-order valence-electron chi connectivity index (χ0n) is 14.4. The van der Waals surface area contributed by atoms with Crippen LogP contribution in [0.2, 0.25) is 0 Å². The second kappa shape index (κ2) is 8.19. The van der Waals surface area contributed by atoms with Crippen molar-refractivity contribution in [1.82, 2.24) is 5.32 Å². The van der Waals surface area contributed by atoms with Crippen molar-refractivity contribution in [3.8, 4) is 11.5 Å². The van der Waals surface area contributed by atoms with Crippen LogP contribution in [0, 0.1) is 6.92 Å². The highest BCUT2D eigenvalue weighted by atomic mass is 16.5. The number of carbonyl (C=O) groups is 2. The van der Waals surface area contributed by atoms with Gasteiger partial charge in [0.15, 0.2) is 11.5 Å². The molecule has 0 saturated heterocycles. The van der Waals surface area contributed by atoms with Gasteiger partial charge in [0.05, 0.1) is 32.2 Å². The van der Waals surface area contributed by atoms with Gasteiger partial charge in [-0.3, -0.25) is 9.59 Å². The number of hydrogen-bond acceptors (Lipinski definition) is 4. The van der Waals surface area contributed by atoms with E-state index in [9.17, 15) is 14.7 Å². The SMILES string of the molecule is COc1cccc(C(=O)NC(CC(=O)O)c2ccc(C)cc2)c1OC. The van der Waals surface area contributed by atoms with Crippen LogP contribution in [0.1, 0.15) is 33.9 Å². The van der Waals surface area contributed by atoms with Crippen LogP contribution >= 0.6 is 0 Å². The molecule has 6 heteroatoms. The summed E-state index contributed by atoms with van der Waals surface area (Å²) in [6.07, 6.45) is -0.221. The summed E-state index contributed by atoms with van der Waals surface area (Å²) in [4.78, 5) is 23.9. The van der Waals surface area contributed by atoms with Gasteiger partial charge in [0.25, 0.3) is 5.91 Å². The predicted octanol–water partition coefficient (Wildman–Crippen LogP) is 2.96. The number of nitrogens with one attached hydrogen (secondary N) is 1. The average Bonchev–Trinajstić information content (AvgIpc) is 2.60. The van der Waals surface area contributed by atoms with E-state index in [0.717, 1.165) is 11.1 Å². The van der Waals surface area contributed by atoms with E-state index in [2.05, 4.69) is 5.32 Å². The maximum atomic E-state index is 12.7. The lowest BCUT2D eigenvalue weighted by molar-refractivity contribution is -0.137. The van der Waals surface area contributed by atoms with Crippen molar-refractivity contribution in [2.24, 2.45) is 0 Å². The van der Waals surface area contributed by atoms with Gasteiger partial charge < -0.3 is 19.9 Å². The number of methoxy groups -OCH3 is 2. The average molecular weight is 343 g/mol. The molecule has 0 bridgehead atoms. The van der Waals surface area contributed by atoms with Crippen molar-refractivity contribution >= 4 is 11.9 Å².